The molecule has 23 heavy (non-hydrogen) atoms. The molecular weight excluding hydrogens is 292 g/mol. The van der Waals surface area contributed by atoms with Gasteiger partial charge in [0.1, 0.15) is 0 Å². The highest BCUT2D eigenvalue weighted by atomic mass is 16.5. The van der Waals surface area contributed by atoms with Gasteiger partial charge in [0.15, 0.2) is 11.5 Å². The van der Waals surface area contributed by atoms with Crippen molar-refractivity contribution >= 4 is 6.03 Å². The fraction of sp³-hybridized carbons (Fsp3) is 0.611. The first-order valence-corrected chi connectivity index (χ1v) is 8.39. The Morgan fingerprint density at radius 2 is 1.78 bits per heavy atom. The standard InChI is InChI=1S/C18H28N2O3/c1-5-13(6-2)11-19-18(21)20-8-7-14-9-16(22-3)17(23-4)10-15(14)12-20/h9-10,13H,5-8,11-12H2,1-4H3,(H,19,21). The lowest BCUT2D eigenvalue weighted by molar-refractivity contribution is 0.190. The molecule has 1 aromatic carbocycles. The van der Waals surface area contributed by atoms with Crippen LogP contribution in [0.5, 0.6) is 11.5 Å². The lowest BCUT2D eigenvalue weighted by Crippen LogP contribution is -2.44. The highest BCUT2D eigenvalue weighted by Crippen LogP contribution is 2.33. The minimum Gasteiger partial charge on any atom is -0.493 e. The van der Waals surface area contributed by atoms with Crippen molar-refractivity contribution in [2.75, 3.05) is 27.3 Å². The second-order valence-corrected chi connectivity index (χ2v) is 6.02. The third-order valence-electron chi connectivity index (χ3n) is 4.70. The number of hydrogen-bond donors (Lipinski definition) is 1. The van der Waals surface area contributed by atoms with Gasteiger partial charge in [-0.3, -0.25) is 0 Å². The molecule has 0 atom stereocenters. The number of amides is 2. The minimum absolute atomic E-state index is 0.0253. The zero-order valence-electron chi connectivity index (χ0n) is 14.6. The quantitative estimate of drug-likeness (QED) is 0.875. The SMILES string of the molecule is CCC(CC)CNC(=O)N1CCc2cc(OC)c(OC)cc2C1. The summed E-state index contributed by atoms with van der Waals surface area (Å²) in [5.41, 5.74) is 2.36. The minimum atomic E-state index is 0.0253. The van der Waals surface area contributed by atoms with Crippen molar-refractivity contribution in [2.24, 2.45) is 5.92 Å². The van der Waals surface area contributed by atoms with Crippen LogP contribution in [0, 0.1) is 5.92 Å². The number of nitrogens with zero attached hydrogens (tertiary/aromatic N) is 1. The van der Waals surface area contributed by atoms with Crippen LogP contribution in [-0.2, 0) is 13.0 Å². The number of carbonyl (C=O) groups is 1. The molecule has 0 saturated carbocycles. The van der Waals surface area contributed by atoms with Gasteiger partial charge < -0.3 is 19.7 Å². The summed E-state index contributed by atoms with van der Waals surface area (Å²) in [6, 6.07) is 4.03. The van der Waals surface area contributed by atoms with E-state index in [0.717, 1.165) is 43.7 Å². The van der Waals surface area contributed by atoms with E-state index in [4.69, 9.17) is 9.47 Å². The van der Waals surface area contributed by atoms with E-state index in [2.05, 4.69) is 19.2 Å². The Balaban J connectivity index is 2.03. The summed E-state index contributed by atoms with van der Waals surface area (Å²) in [5, 5.41) is 3.07. The van der Waals surface area contributed by atoms with Crippen LogP contribution in [0.1, 0.15) is 37.8 Å². The van der Waals surface area contributed by atoms with Crippen molar-refractivity contribution in [3.8, 4) is 11.5 Å². The fourth-order valence-corrected chi connectivity index (χ4v) is 2.98. The Kier molecular flexibility index (Phi) is 6.13. The van der Waals surface area contributed by atoms with Gasteiger partial charge in [0.05, 0.1) is 14.2 Å². The molecule has 5 nitrogen and oxygen atoms in total. The van der Waals surface area contributed by atoms with Crippen LogP contribution in [0.25, 0.3) is 0 Å². The summed E-state index contributed by atoms with van der Waals surface area (Å²) in [5.74, 6) is 2.02. The average molecular weight is 320 g/mol. The van der Waals surface area contributed by atoms with Gasteiger partial charge in [-0.1, -0.05) is 26.7 Å². The number of nitrogens with one attached hydrogen (secondary N) is 1. The molecule has 0 radical (unpaired) electrons. The van der Waals surface area contributed by atoms with Crippen molar-refractivity contribution in [2.45, 2.75) is 39.7 Å². The smallest absolute Gasteiger partial charge is 0.317 e. The Bertz CT molecular complexity index is 541. The van der Waals surface area contributed by atoms with Gasteiger partial charge in [-0.25, -0.2) is 4.79 Å². The summed E-state index contributed by atoms with van der Waals surface area (Å²) in [4.78, 5) is 14.3. The first kappa shape index (κ1) is 17.4. The highest BCUT2D eigenvalue weighted by Gasteiger charge is 2.23. The normalized spacial score (nSPS) is 13.7. The summed E-state index contributed by atoms with van der Waals surface area (Å²) >= 11 is 0. The molecule has 1 aliphatic heterocycles. The first-order valence-electron chi connectivity index (χ1n) is 8.39. The Hall–Kier alpha value is -1.91. The van der Waals surface area contributed by atoms with E-state index in [1.165, 1.54) is 5.56 Å². The van der Waals surface area contributed by atoms with Gasteiger partial charge in [0.2, 0.25) is 0 Å². The van der Waals surface area contributed by atoms with E-state index in [1.807, 2.05) is 17.0 Å². The molecule has 0 aliphatic carbocycles. The molecule has 2 rings (SSSR count). The molecule has 1 aromatic rings. The fourth-order valence-electron chi connectivity index (χ4n) is 2.98. The molecule has 0 unspecified atom stereocenters. The number of ether oxygens (including phenoxy) is 2. The number of carbonyl (C=O) groups excluding carboxylic acids is 1. The van der Waals surface area contributed by atoms with Crippen LogP contribution in [0.4, 0.5) is 4.79 Å². The van der Waals surface area contributed by atoms with E-state index in [0.29, 0.717) is 18.2 Å². The molecular formula is C18H28N2O3. The Morgan fingerprint density at radius 1 is 1.17 bits per heavy atom. The largest absolute Gasteiger partial charge is 0.493 e. The van der Waals surface area contributed by atoms with Crippen LogP contribution >= 0.6 is 0 Å². The molecule has 0 saturated heterocycles. The highest BCUT2D eigenvalue weighted by molar-refractivity contribution is 5.74. The number of urea groups is 1. The number of methoxy groups -OCH3 is 2. The van der Waals surface area contributed by atoms with Crippen molar-refractivity contribution in [1.82, 2.24) is 10.2 Å². The summed E-state index contributed by atoms with van der Waals surface area (Å²) < 4.78 is 10.7. The van der Waals surface area contributed by atoms with E-state index >= 15 is 0 Å². The molecule has 2 amide bonds. The van der Waals surface area contributed by atoms with E-state index in [-0.39, 0.29) is 6.03 Å². The molecule has 128 valence electrons. The number of hydrogen-bond acceptors (Lipinski definition) is 3. The zero-order chi connectivity index (χ0) is 16.8. The number of benzene rings is 1. The molecule has 1 aliphatic rings. The average Bonchev–Trinajstić information content (AvgIpc) is 2.60. The van der Waals surface area contributed by atoms with E-state index in [1.54, 1.807) is 14.2 Å². The van der Waals surface area contributed by atoms with Crippen LogP contribution in [0.2, 0.25) is 0 Å². The number of rotatable bonds is 6. The molecule has 0 fully saturated rings. The summed E-state index contributed by atoms with van der Waals surface area (Å²) in [6.45, 7) is 6.43. The molecule has 0 spiro atoms. The molecule has 1 heterocycles. The Labute approximate surface area is 139 Å². The van der Waals surface area contributed by atoms with Crippen LogP contribution in [0.3, 0.4) is 0 Å². The van der Waals surface area contributed by atoms with Gasteiger partial charge in [0, 0.05) is 19.6 Å². The third-order valence-corrected chi connectivity index (χ3v) is 4.70. The van der Waals surface area contributed by atoms with Gasteiger partial charge >= 0.3 is 6.03 Å². The molecule has 1 N–H and O–H groups in total. The first-order chi connectivity index (χ1) is 11.1. The van der Waals surface area contributed by atoms with Crippen LogP contribution in [-0.4, -0.2) is 38.2 Å². The maximum absolute atomic E-state index is 12.4. The van der Waals surface area contributed by atoms with Crippen molar-refractivity contribution in [3.63, 3.8) is 0 Å². The Morgan fingerprint density at radius 3 is 2.35 bits per heavy atom. The molecule has 0 bridgehead atoms. The summed E-state index contributed by atoms with van der Waals surface area (Å²) in [6.07, 6.45) is 3.03. The van der Waals surface area contributed by atoms with E-state index < -0.39 is 0 Å². The topological polar surface area (TPSA) is 50.8 Å². The second kappa shape index (κ2) is 8.09. The zero-order valence-corrected chi connectivity index (χ0v) is 14.6. The van der Waals surface area contributed by atoms with Crippen molar-refractivity contribution in [1.29, 1.82) is 0 Å². The lowest BCUT2D eigenvalue weighted by atomic mass is 9.99. The van der Waals surface area contributed by atoms with Crippen LogP contribution in [0.15, 0.2) is 12.1 Å². The summed E-state index contributed by atoms with van der Waals surface area (Å²) in [7, 11) is 3.28. The maximum atomic E-state index is 12.4. The lowest BCUT2D eigenvalue weighted by Gasteiger charge is -2.30. The molecule has 0 aromatic heterocycles. The monoisotopic (exact) mass is 320 g/mol. The third kappa shape index (κ3) is 4.09. The predicted octanol–water partition coefficient (Wildman–Crippen LogP) is 3.21. The maximum Gasteiger partial charge on any atom is 0.317 e. The van der Waals surface area contributed by atoms with Gasteiger partial charge in [-0.05, 0) is 35.6 Å². The molecule has 5 heteroatoms. The second-order valence-electron chi connectivity index (χ2n) is 6.02. The van der Waals surface area contributed by atoms with Gasteiger partial charge in [0.25, 0.3) is 0 Å². The van der Waals surface area contributed by atoms with E-state index in [9.17, 15) is 4.79 Å². The number of fused-ring (bicyclic) bond motifs is 1. The van der Waals surface area contributed by atoms with Gasteiger partial charge in [-0.2, -0.15) is 0 Å². The van der Waals surface area contributed by atoms with Crippen LogP contribution < -0.4 is 14.8 Å². The van der Waals surface area contributed by atoms with Crippen molar-refractivity contribution < 1.29 is 14.3 Å². The van der Waals surface area contributed by atoms with Gasteiger partial charge in [-0.15, -0.1) is 0 Å². The van der Waals surface area contributed by atoms with Crippen molar-refractivity contribution in [3.05, 3.63) is 23.3 Å². The predicted molar refractivity (Wildman–Crippen MR) is 91.1 cm³/mol.